The van der Waals surface area contributed by atoms with Gasteiger partial charge in [0.1, 0.15) is 5.75 Å². The quantitative estimate of drug-likeness (QED) is 0.914. The van der Waals surface area contributed by atoms with Gasteiger partial charge in [-0.15, -0.1) is 0 Å². The van der Waals surface area contributed by atoms with E-state index in [-0.39, 0.29) is 0 Å². The Balaban J connectivity index is 3.74. The van der Waals surface area contributed by atoms with E-state index >= 15 is 0 Å². The van der Waals surface area contributed by atoms with E-state index in [4.69, 9.17) is 16.3 Å². The third-order valence-corrected chi connectivity index (χ3v) is 3.60. The lowest BCUT2D eigenvalue weighted by molar-refractivity contribution is -0.141. The maximum absolute atomic E-state index is 11.3. The van der Waals surface area contributed by atoms with Crippen molar-refractivity contribution in [2.75, 3.05) is 7.11 Å². The van der Waals surface area contributed by atoms with Crippen LogP contribution in [0.1, 0.15) is 23.6 Å². The molecule has 4 nitrogen and oxygen atoms in total. The van der Waals surface area contributed by atoms with Crippen molar-refractivity contribution in [3.8, 4) is 11.8 Å². The number of methoxy groups -OCH3 is 1. The number of nitriles is 1. The van der Waals surface area contributed by atoms with Gasteiger partial charge < -0.3 is 9.84 Å². The summed E-state index contributed by atoms with van der Waals surface area (Å²) in [7, 11) is 1.44. The minimum atomic E-state index is -1.69. The van der Waals surface area contributed by atoms with Crippen LogP contribution in [0, 0.1) is 25.2 Å². The van der Waals surface area contributed by atoms with Crippen molar-refractivity contribution in [3.05, 3.63) is 27.8 Å². The smallest absolute Gasteiger partial charge is 0.328 e. The molecule has 1 aromatic carbocycles. The van der Waals surface area contributed by atoms with E-state index in [1.54, 1.807) is 19.9 Å². The average Bonchev–Trinajstić information content (AvgIpc) is 2.34. The molecule has 0 bridgehead atoms. The molecule has 0 saturated carbocycles. The van der Waals surface area contributed by atoms with Crippen LogP contribution in [-0.2, 0) is 10.2 Å². The minimum absolute atomic E-state index is 0.301. The molecule has 0 amide bonds. The predicted molar refractivity (Wildman–Crippen MR) is 68.1 cm³/mol. The summed E-state index contributed by atoms with van der Waals surface area (Å²) in [5.74, 6) is -0.868. The molecule has 0 radical (unpaired) electrons. The van der Waals surface area contributed by atoms with Crippen LogP contribution in [0.2, 0.25) is 5.02 Å². The molecule has 1 aromatic rings. The molecule has 0 aliphatic rings. The summed E-state index contributed by atoms with van der Waals surface area (Å²) < 4.78 is 5.19. The van der Waals surface area contributed by atoms with Crippen LogP contribution in [0.4, 0.5) is 0 Å². The fourth-order valence-corrected chi connectivity index (χ4v) is 2.06. The summed E-state index contributed by atoms with van der Waals surface area (Å²) in [6.45, 7) is 4.82. The van der Waals surface area contributed by atoms with Crippen LogP contribution >= 0.6 is 11.6 Å². The summed E-state index contributed by atoms with van der Waals surface area (Å²) >= 11 is 6.12. The van der Waals surface area contributed by atoms with Gasteiger partial charge in [0.15, 0.2) is 5.41 Å². The van der Waals surface area contributed by atoms with Gasteiger partial charge in [-0.25, -0.2) is 0 Å². The SMILES string of the molecule is COc1cc(C)c(Cl)c(C)c1C(C)(C#N)C(=O)O. The molecule has 5 heteroatoms. The number of aliphatic carboxylic acids is 1. The molecule has 0 aromatic heterocycles. The molecule has 1 N–H and O–H groups in total. The van der Waals surface area contributed by atoms with E-state index in [1.807, 2.05) is 6.07 Å². The predicted octanol–water partition coefficient (Wildman–Crippen LogP) is 2.83. The summed E-state index contributed by atoms with van der Waals surface area (Å²) in [6, 6.07) is 3.46. The molecular formula is C13H14ClNO3. The maximum atomic E-state index is 11.3. The van der Waals surface area contributed by atoms with Crippen molar-refractivity contribution in [2.24, 2.45) is 0 Å². The van der Waals surface area contributed by atoms with Gasteiger partial charge in [0, 0.05) is 10.6 Å². The number of aryl methyl sites for hydroxylation is 1. The van der Waals surface area contributed by atoms with E-state index in [9.17, 15) is 15.2 Å². The highest BCUT2D eigenvalue weighted by molar-refractivity contribution is 6.32. The van der Waals surface area contributed by atoms with E-state index in [2.05, 4.69) is 0 Å². The number of carboxylic acid groups (broad SMARTS) is 1. The Morgan fingerprint density at radius 3 is 2.50 bits per heavy atom. The lowest BCUT2D eigenvalue weighted by Gasteiger charge is -2.23. The fourth-order valence-electron chi connectivity index (χ4n) is 1.92. The second kappa shape index (κ2) is 4.87. The van der Waals surface area contributed by atoms with Gasteiger partial charge >= 0.3 is 5.97 Å². The van der Waals surface area contributed by atoms with Crippen LogP contribution in [0.3, 0.4) is 0 Å². The minimum Gasteiger partial charge on any atom is -0.496 e. The normalized spacial score (nSPS) is 13.6. The average molecular weight is 268 g/mol. The molecule has 0 fully saturated rings. The van der Waals surface area contributed by atoms with E-state index in [0.717, 1.165) is 5.56 Å². The van der Waals surface area contributed by atoms with Crippen molar-refractivity contribution in [2.45, 2.75) is 26.2 Å². The van der Waals surface area contributed by atoms with E-state index < -0.39 is 11.4 Å². The molecule has 0 spiro atoms. The second-order valence-electron chi connectivity index (χ2n) is 4.25. The number of rotatable bonds is 3. The van der Waals surface area contributed by atoms with E-state index in [0.29, 0.717) is 21.9 Å². The molecule has 18 heavy (non-hydrogen) atoms. The van der Waals surface area contributed by atoms with Crippen molar-refractivity contribution >= 4 is 17.6 Å². The van der Waals surface area contributed by atoms with Crippen molar-refractivity contribution < 1.29 is 14.6 Å². The number of halogens is 1. The fraction of sp³-hybridized carbons (Fsp3) is 0.385. The molecule has 0 aliphatic carbocycles. The summed E-state index contributed by atoms with van der Waals surface area (Å²) in [4.78, 5) is 11.3. The molecule has 0 heterocycles. The Bertz CT molecular complexity index is 548. The highest BCUT2D eigenvalue weighted by Crippen LogP contribution is 2.39. The molecule has 96 valence electrons. The zero-order valence-corrected chi connectivity index (χ0v) is 11.4. The maximum Gasteiger partial charge on any atom is 0.328 e. The van der Waals surface area contributed by atoms with Crippen LogP contribution < -0.4 is 4.74 Å². The second-order valence-corrected chi connectivity index (χ2v) is 4.63. The largest absolute Gasteiger partial charge is 0.496 e. The number of benzene rings is 1. The van der Waals surface area contributed by atoms with Crippen molar-refractivity contribution in [1.82, 2.24) is 0 Å². The third kappa shape index (κ3) is 2.02. The number of hydrogen-bond acceptors (Lipinski definition) is 3. The van der Waals surface area contributed by atoms with Gasteiger partial charge in [0.2, 0.25) is 0 Å². The van der Waals surface area contributed by atoms with Crippen molar-refractivity contribution in [1.29, 1.82) is 5.26 Å². The number of carbonyl (C=O) groups is 1. The molecule has 1 unspecified atom stereocenters. The standard InChI is InChI=1S/C13H14ClNO3/c1-7-5-9(18-4)10(8(2)11(7)14)13(3,6-15)12(16)17/h5H,1-4H3,(H,16,17). The molecule has 0 saturated heterocycles. The summed E-state index contributed by atoms with van der Waals surface area (Å²) in [5, 5.41) is 18.9. The highest BCUT2D eigenvalue weighted by atomic mass is 35.5. The van der Waals surface area contributed by atoms with Gasteiger partial charge in [0.25, 0.3) is 0 Å². The molecule has 1 atom stereocenters. The Morgan fingerprint density at radius 2 is 2.11 bits per heavy atom. The Hall–Kier alpha value is -1.73. The van der Waals surface area contributed by atoms with Gasteiger partial charge in [-0.2, -0.15) is 5.26 Å². The van der Waals surface area contributed by atoms with Gasteiger partial charge in [0.05, 0.1) is 13.2 Å². The third-order valence-electron chi connectivity index (χ3n) is 3.02. The summed E-state index contributed by atoms with van der Waals surface area (Å²) in [6.07, 6.45) is 0. The van der Waals surface area contributed by atoms with Crippen LogP contribution in [0.25, 0.3) is 0 Å². The number of nitrogens with zero attached hydrogens (tertiary/aromatic N) is 1. The Labute approximate surface area is 111 Å². The monoisotopic (exact) mass is 267 g/mol. The molecular weight excluding hydrogens is 254 g/mol. The zero-order valence-electron chi connectivity index (χ0n) is 10.7. The highest BCUT2D eigenvalue weighted by Gasteiger charge is 2.40. The first-order chi connectivity index (χ1) is 8.29. The van der Waals surface area contributed by atoms with Gasteiger partial charge in [-0.05, 0) is 38.0 Å². The lowest BCUT2D eigenvalue weighted by atomic mass is 9.80. The van der Waals surface area contributed by atoms with Crippen LogP contribution in [-0.4, -0.2) is 18.2 Å². The zero-order chi connectivity index (χ0) is 14.1. The number of hydrogen-bond donors (Lipinski definition) is 1. The molecule has 1 rings (SSSR count). The Kier molecular flexibility index (Phi) is 3.88. The number of ether oxygens (including phenoxy) is 1. The first-order valence-electron chi connectivity index (χ1n) is 5.28. The van der Waals surface area contributed by atoms with Crippen LogP contribution in [0.15, 0.2) is 6.07 Å². The number of carboxylic acids is 1. The first-order valence-corrected chi connectivity index (χ1v) is 5.66. The topological polar surface area (TPSA) is 70.3 Å². The van der Waals surface area contributed by atoms with Crippen LogP contribution in [0.5, 0.6) is 5.75 Å². The summed E-state index contributed by atoms with van der Waals surface area (Å²) in [5.41, 5.74) is -0.0525. The van der Waals surface area contributed by atoms with E-state index in [1.165, 1.54) is 14.0 Å². The lowest BCUT2D eigenvalue weighted by Crippen LogP contribution is -2.32. The first kappa shape index (κ1) is 14.3. The van der Waals surface area contributed by atoms with Gasteiger partial charge in [-0.1, -0.05) is 11.6 Å². The Morgan fingerprint density at radius 1 is 1.56 bits per heavy atom. The van der Waals surface area contributed by atoms with Gasteiger partial charge in [-0.3, -0.25) is 4.79 Å². The van der Waals surface area contributed by atoms with Crippen molar-refractivity contribution in [3.63, 3.8) is 0 Å². The molecule has 0 aliphatic heterocycles.